The molecule has 51 heavy (non-hydrogen) atoms. The lowest BCUT2D eigenvalue weighted by Gasteiger charge is -2.44. The van der Waals surface area contributed by atoms with Gasteiger partial charge in [0.2, 0.25) is 0 Å². The lowest BCUT2D eigenvalue weighted by atomic mass is 9.80. The summed E-state index contributed by atoms with van der Waals surface area (Å²) < 4.78 is 34.2. The molecule has 1 fully saturated rings. The van der Waals surface area contributed by atoms with Crippen LogP contribution in [-0.4, -0.2) is 37.6 Å². The number of hydrogen-bond acceptors (Lipinski definition) is 5. The van der Waals surface area contributed by atoms with Gasteiger partial charge in [0.25, 0.3) is 0 Å². The monoisotopic (exact) mass is 676 g/mol. The predicted molar refractivity (Wildman–Crippen MR) is 200 cm³/mol. The van der Waals surface area contributed by atoms with Crippen LogP contribution in [0.1, 0.15) is 33.4 Å². The maximum atomic E-state index is 7.28. The van der Waals surface area contributed by atoms with Crippen LogP contribution in [0.15, 0.2) is 182 Å². The van der Waals surface area contributed by atoms with Crippen LogP contribution in [-0.2, 0) is 49.1 Å². The average Bonchev–Trinajstić information content (AvgIpc) is 3.21. The molecule has 5 nitrogen and oxygen atoms in total. The molecular formula is C46H44O5. The van der Waals surface area contributed by atoms with E-state index in [0.717, 1.165) is 33.4 Å². The summed E-state index contributed by atoms with van der Waals surface area (Å²) in [4.78, 5) is 0. The van der Waals surface area contributed by atoms with Gasteiger partial charge in [0.15, 0.2) is 0 Å². The molecule has 1 heterocycles. The minimum atomic E-state index is -0.905. The molecule has 1 aliphatic rings. The number of ether oxygens (including phenoxy) is 5. The van der Waals surface area contributed by atoms with Crippen LogP contribution >= 0.6 is 0 Å². The van der Waals surface area contributed by atoms with Crippen molar-refractivity contribution < 1.29 is 23.7 Å². The quantitative estimate of drug-likeness (QED) is 0.102. The topological polar surface area (TPSA) is 46.2 Å². The van der Waals surface area contributed by atoms with Gasteiger partial charge in [-0.05, 0) is 33.4 Å². The third-order valence-electron chi connectivity index (χ3n) is 9.41. The molecular weight excluding hydrogens is 633 g/mol. The van der Waals surface area contributed by atoms with Gasteiger partial charge in [0.05, 0.1) is 33.0 Å². The van der Waals surface area contributed by atoms with Crippen LogP contribution in [0.3, 0.4) is 0 Å². The van der Waals surface area contributed by atoms with Gasteiger partial charge in [-0.2, -0.15) is 0 Å². The fourth-order valence-corrected chi connectivity index (χ4v) is 6.81. The summed E-state index contributed by atoms with van der Waals surface area (Å²) in [7, 11) is 0. The van der Waals surface area contributed by atoms with E-state index >= 15 is 0 Å². The van der Waals surface area contributed by atoms with Crippen molar-refractivity contribution in [2.75, 3.05) is 13.2 Å². The summed E-state index contributed by atoms with van der Waals surface area (Å²) in [6.07, 6.45) is -1.75. The molecule has 0 amide bonds. The highest BCUT2D eigenvalue weighted by atomic mass is 16.6. The van der Waals surface area contributed by atoms with E-state index in [4.69, 9.17) is 23.7 Å². The first-order valence-corrected chi connectivity index (χ1v) is 17.7. The van der Waals surface area contributed by atoms with Crippen LogP contribution < -0.4 is 0 Å². The Bertz CT molecular complexity index is 1760. The van der Waals surface area contributed by atoms with Gasteiger partial charge in [-0.25, -0.2) is 0 Å². The van der Waals surface area contributed by atoms with E-state index in [1.165, 1.54) is 0 Å². The van der Waals surface area contributed by atoms with E-state index in [2.05, 4.69) is 109 Å². The zero-order valence-corrected chi connectivity index (χ0v) is 28.7. The van der Waals surface area contributed by atoms with E-state index in [-0.39, 0.29) is 12.7 Å². The van der Waals surface area contributed by atoms with Crippen molar-refractivity contribution >= 4 is 0 Å². The van der Waals surface area contributed by atoms with Crippen LogP contribution in [0, 0.1) is 0 Å². The van der Waals surface area contributed by atoms with Gasteiger partial charge >= 0.3 is 0 Å². The first-order valence-electron chi connectivity index (χ1n) is 17.7. The molecule has 0 spiro atoms. The Morgan fingerprint density at radius 3 is 1.20 bits per heavy atom. The molecule has 258 valence electrons. The summed E-state index contributed by atoms with van der Waals surface area (Å²) in [5.41, 5.74) is 5.42. The van der Waals surface area contributed by atoms with Crippen molar-refractivity contribution in [1.29, 1.82) is 0 Å². The van der Waals surface area contributed by atoms with Gasteiger partial charge in [-0.1, -0.05) is 182 Å². The van der Waals surface area contributed by atoms with Crippen LogP contribution in [0.4, 0.5) is 0 Å². The van der Waals surface area contributed by atoms with Crippen LogP contribution in [0.25, 0.3) is 0 Å². The second-order valence-electron chi connectivity index (χ2n) is 12.8. The summed E-state index contributed by atoms with van der Waals surface area (Å²) in [6, 6.07) is 61.9. The summed E-state index contributed by atoms with van der Waals surface area (Å²) in [5.74, 6) is 0. The molecule has 0 aliphatic carbocycles. The standard InChI is InChI=1S/C46H44O5/c1-7-19-36(20-8-1)31-47-42-34-48-43(45(50-33-38-23-11-3-12-24-38)44(42)49-32-37-21-9-2-10-22-37)35-51-46(39-25-13-4-14-26-39,40-27-15-5-16-28-40)41-29-17-6-18-30-41/h1-30,42-45H,31-35H2/t42-,43-,44+,45-/m1/s1. The highest BCUT2D eigenvalue weighted by Gasteiger charge is 2.45. The van der Waals surface area contributed by atoms with E-state index in [0.29, 0.717) is 26.4 Å². The summed E-state index contributed by atoms with van der Waals surface area (Å²) in [5, 5.41) is 0. The van der Waals surface area contributed by atoms with E-state index in [9.17, 15) is 0 Å². The van der Waals surface area contributed by atoms with Gasteiger partial charge in [-0.15, -0.1) is 0 Å². The highest BCUT2D eigenvalue weighted by molar-refractivity contribution is 5.47. The highest BCUT2D eigenvalue weighted by Crippen LogP contribution is 2.41. The first-order chi connectivity index (χ1) is 25.3. The lowest BCUT2D eigenvalue weighted by Crippen LogP contribution is -2.57. The van der Waals surface area contributed by atoms with E-state index < -0.39 is 23.9 Å². The summed E-state index contributed by atoms with van der Waals surface area (Å²) in [6.45, 7) is 1.82. The fourth-order valence-electron chi connectivity index (χ4n) is 6.81. The Morgan fingerprint density at radius 2 is 0.784 bits per heavy atom. The van der Waals surface area contributed by atoms with Crippen molar-refractivity contribution in [3.8, 4) is 0 Å². The average molecular weight is 677 g/mol. The van der Waals surface area contributed by atoms with Crippen molar-refractivity contribution in [3.63, 3.8) is 0 Å². The zero-order valence-electron chi connectivity index (χ0n) is 28.7. The first kappa shape index (κ1) is 34.6. The number of rotatable bonds is 15. The van der Waals surface area contributed by atoms with Crippen LogP contribution in [0.5, 0.6) is 0 Å². The fraction of sp³-hybridized carbons (Fsp3) is 0.217. The SMILES string of the molecule is c1ccc(CO[C@@H]2[C@H](OCc3ccccc3)[C@@H](COC(c3ccccc3)(c3ccccc3)c3ccccc3)OC[C@H]2OCc2ccccc2)cc1. The number of benzene rings is 6. The Labute approximate surface area is 301 Å². The van der Waals surface area contributed by atoms with Gasteiger partial charge in [0.1, 0.15) is 30.0 Å². The zero-order chi connectivity index (χ0) is 34.6. The number of hydrogen-bond donors (Lipinski definition) is 0. The van der Waals surface area contributed by atoms with E-state index in [1.54, 1.807) is 0 Å². The van der Waals surface area contributed by atoms with Gasteiger partial charge in [-0.3, -0.25) is 0 Å². The Balaban J connectivity index is 1.23. The smallest absolute Gasteiger partial charge is 0.143 e. The third-order valence-corrected chi connectivity index (χ3v) is 9.41. The van der Waals surface area contributed by atoms with Crippen molar-refractivity contribution in [2.45, 2.75) is 49.8 Å². The van der Waals surface area contributed by atoms with Crippen molar-refractivity contribution in [1.82, 2.24) is 0 Å². The maximum absolute atomic E-state index is 7.28. The molecule has 1 saturated heterocycles. The summed E-state index contributed by atoms with van der Waals surface area (Å²) >= 11 is 0. The minimum absolute atomic E-state index is 0.245. The minimum Gasteiger partial charge on any atom is -0.370 e. The Hall–Kier alpha value is -4.88. The molecule has 0 N–H and O–H groups in total. The maximum Gasteiger partial charge on any atom is 0.143 e. The molecule has 6 aromatic rings. The molecule has 6 aromatic carbocycles. The Kier molecular flexibility index (Phi) is 11.8. The molecule has 1 aliphatic heterocycles. The molecule has 0 bridgehead atoms. The molecule has 0 saturated carbocycles. The van der Waals surface area contributed by atoms with Crippen molar-refractivity contribution in [2.24, 2.45) is 0 Å². The lowest BCUT2D eigenvalue weighted by molar-refractivity contribution is -0.250. The molecule has 0 radical (unpaired) electrons. The molecule has 0 aromatic heterocycles. The largest absolute Gasteiger partial charge is 0.370 e. The van der Waals surface area contributed by atoms with Gasteiger partial charge < -0.3 is 23.7 Å². The predicted octanol–water partition coefficient (Wildman–Crippen LogP) is 9.15. The van der Waals surface area contributed by atoms with Gasteiger partial charge in [0, 0.05) is 0 Å². The third kappa shape index (κ3) is 8.54. The molecule has 0 unspecified atom stereocenters. The second kappa shape index (κ2) is 17.4. The second-order valence-corrected chi connectivity index (χ2v) is 12.8. The Morgan fingerprint density at radius 1 is 0.431 bits per heavy atom. The van der Waals surface area contributed by atoms with E-state index in [1.807, 2.05) is 72.8 Å². The molecule has 5 heteroatoms. The molecule has 7 rings (SSSR count). The van der Waals surface area contributed by atoms with Crippen molar-refractivity contribution in [3.05, 3.63) is 215 Å². The molecule has 4 atom stereocenters. The normalized spacial score (nSPS) is 19.1. The van der Waals surface area contributed by atoms with Crippen LogP contribution in [0.2, 0.25) is 0 Å².